The summed E-state index contributed by atoms with van der Waals surface area (Å²) in [7, 11) is 0. The van der Waals surface area contributed by atoms with Gasteiger partial charge in [0.25, 0.3) is 5.91 Å². The van der Waals surface area contributed by atoms with Crippen LogP contribution in [0.2, 0.25) is 0 Å². The first-order chi connectivity index (χ1) is 10.8. The lowest BCUT2D eigenvalue weighted by atomic mass is 10.1. The van der Waals surface area contributed by atoms with Crippen LogP contribution in [0.1, 0.15) is 63.2 Å². The van der Waals surface area contributed by atoms with Crippen LogP contribution in [0.3, 0.4) is 0 Å². The highest BCUT2D eigenvalue weighted by Gasteiger charge is 2.18. The molecule has 23 heavy (non-hydrogen) atoms. The van der Waals surface area contributed by atoms with Gasteiger partial charge in [0, 0.05) is 12.0 Å². The standard InChI is InChI=1S/C18H29N3O2/c1-18(2,3)21-17(23)14-10-7-8-11-15(14)20-16(22)12-6-4-5-9-13-19/h7-8,10-11H,4-6,9,12-13,19H2,1-3H3,(H,20,22)(H,21,23). The average Bonchev–Trinajstić information content (AvgIpc) is 2.45. The molecule has 0 aliphatic carbocycles. The van der Waals surface area contributed by atoms with Crippen molar-refractivity contribution in [1.29, 1.82) is 0 Å². The van der Waals surface area contributed by atoms with Crippen LogP contribution in [0.4, 0.5) is 5.69 Å². The summed E-state index contributed by atoms with van der Waals surface area (Å²) in [5.74, 6) is -0.245. The predicted octanol–water partition coefficient (Wildman–Crippen LogP) is 3.06. The maximum absolute atomic E-state index is 12.3. The number of hydrogen-bond acceptors (Lipinski definition) is 3. The first-order valence-electron chi connectivity index (χ1n) is 8.25. The number of rotatable bonds is 8. The van der Waals surface area contributed by atoms with Gasteiger partial charge in [0.05, 0.1) is 11.3 Å². The van der Waals surface area contributed by atoms with E-state index < -0.39 is 0 Å². The minimum Gasteiger partial charge on any atom is -0.347 e. The number of carbonyl (C=O) groups is 2. The number of nitrogens with two attached hydrogens (primary N) is 1. The van der Waals surface area contributed by atoms with Gasteiger partial charge in [0.2, 0.25) is 5.91 Å². The Balaban J connectivity index is 2.60. The summed E-state index contributed by atoms with van der Waals surface area (Å²) in [6.45, 7) is 6.47. The summed E-state index contributed by atoms with van der Waals surface area (Å²) < 4.78 is 0. The summed E-state index contributed by atoms with van der Waals surface area (Å²) in [6, 6.07) is 7.08. The summed E-state index contributed by atoms with van der Waals surface area (Å²) in [5, 5.41) is 5.76. The molecule has 2 amide bonds. The maximum Gasteiger partial charge on any atom is 0.253 e. The smallest absolute Gasteiger partial charge is 0.253 e. The molecule has 0 radical (unpaired) electrons. The molecule has 5 heteroatoms. The first-order valence-corrected chi connectivity index (χ1v) is 8.25. The molecule has 0 heterocycles. The number of benzene rings is 1. The molecule has 0 aliphatic heterocycles. The first kappa shape index (κ1) is 19.2. The molecule has 0 aromatic heterocycles. The van der Waals surface area contributed by atoms with Crippen LogP contribution in [0.5, 0.6) is 0 Å². The maximum atomic E-state index is 12.3. The number of unbranched alkanes of at least 4 members (excludes halogenated alkanes) is 3. The molecule has 0 spiro atoms. The Morgan fingerprint density at radius 2 is 1.70 bits per heavy atom. The van der Waals surface area contributed by atoms with E-state index in [9.17, 15) is 9.59 Å². The highest BCUT2D eigenvalue weighted by molar-refractivity contribution is 6.03. The van der Waals surface area contributed by atoms with Crippen LogP contribution < -0.4 is 16.4 Å². The second-order valence-electron chi connectivity index (χ2n) is 6.75. The molecule has 1 aromatic carbocycles. The molecule has 0 saturated carbocycles. The fourth-order valence-corrected chi connectivity index (χ4v) is 2.19. The molecule has 0 unspecified atom stereocenters. The fourth-order valence-electron chi connectivity index (χ4n) is 2.19. The lowest BCUT2D eigenvalue weighted by Crippen LogP contribution is -2.40. The Hall–Kier alpha value is -1.88. The van der Waals surface area contributed by atoms with Crippen molar-refractivity contribution in [1.82, 2.24) is 5.32 Å². The lowest BCUT2D eigenvalue weighted by Gasteiger charge is -2.21. The zero-order valence-electron chi connectivity index (χ0n) is 14.4. The minimum absolute atomic E-state index is 0.0613. The van der Waals surface area contributed by atoms with E-state index in [0.717, 1.165) is 25.7 Å². The highest BCUT2D eigenvalue weighted by atomic mass is 16.2. The Kier molecular flexibility index (Phi) is 7.75. The van der Waals surface area contributed by atoms with E-state index in [4.69, 9.17) is 5.73 Å². The summed E-state index contributed by atoms with van der Waals surface area (Å²) in [4.78, 5) is 24.4. The predicted molar refractivity (Wildman–Crippen MR) is 94.4 cm³/mol. The normalized spacial score (nSPS) is 11.1. The number of amides is 2. The van der Waals surface area contributed by atoms with Crippen molar-refractivity contribution < 1.29 is 9.59 Å². The molecule has 0 atom stereocenters. The topological polar surface area (TPSA) is 84.2 Å². The Bertz CT molecular complexity index is 521. The van der Waals surface area contributed by atoms with Gasteiger partial charge in [0.1, 0.15) is 0 Å². The molecular weight excluding hydrogens is 290 g/mol. The van der Waals surface area contributed by atoms with E-state index in [1.54, 1.807) is 18.2 Å². The van der Waals surface area contributed by atoms with E-state index in [2.05, 4.69) is 10.6 Å². The number of hydrogen-bond donors (Lipinski definition) is 3. The summed E-state index contributed by atoms with van der Waals surface area (Å²) >= 11 is 0. The third-order valence-electron chi connectivity index (χ3n) is 3.29. The van der Waals surface area contributed by atoms with Gasteiger partial charge in [-0.25, -0.2) is 0 Å². The largest absolute Gasteiger partial charge is 0.347 e. The van der Waals surface area contributed by atoms with Crippen molar-refractivity contribution in [3.8, 4) is 0 Å². The molecule has 0 fully saturated rings. The molecule has 5 nitrogen and oxygen atoms in total. The summed E-state index contributed by atoms with van der Waals surface area (Å²) in [5.41, 5.74) is 6.16. The lowest BCUT2D eigenvalue weighted by molar-refractivity contribution is -0.116. The van der Waals surface area contributed by atoms with Crippen LogP contribution in [0.25, 0.3) is 0 Å². The minimum atomic E-state index is -0.322. The average molecular weight is 319 g/mol. The highest BCUT2D eigenvalue weighted by Crippen LogP contribution is 2.17. The van der Waals surface area contributed by atoms with Gasteiger partial charge in [-0.3, -0.25) is 9.59 Å². The monoisotopic (exact) mass is 319 g/mol. The number of anilines is 1. The van der Waals surface area contributed by atoms with Gasteiger partial charge in [-0.15, -0.1) is 0 Å². The van der Waals surface area contributed by atoms with Crippen LogP contribution in [-0.4, -0.2) is 23.9 Å². The van der Waals surface area contributed by atoms with Gasteiger partial charge in [-0.1, -0.05) is 25.0 Å². The molecule has 128 valence electrons. The number of para-hydroxylation sites is 1. The van der Waals surface area contributed by atoms with Crippen molar-refractivity contribution in [3.05, 3.63) is 29.8 Å². The molecule has 0 saturated heterocycles. The number of nitrogens with one attached hydrogen (secondary N) is 2. The van der Waals surface area contributed by atoms with Crippen LogP contribution in [-0.2, 0) is 4.79 Å². The van der Waals surface area contributed by atoms with Crippen molar-refractivity contribution in [2.45, 2.75) is 58.4 Å². The second kappa shape index (κ2) is 9.30. The van der Waals surface area contributed by atoms with Crippen LogP contribution in [0.15, 0.2) is 24.3 Å². The van der Waals surface area contributed by atoms with Crippen LogP contribution >= 0.6 is 0 Å². The van der Waals surface area contributed by atoms with Gasteiger partial charge in [-0.2, -0.15) is 0 Å². The molecule has 1 aromatic rings. The van der Waals surface area contributed by atoms with Gasteiger partial charge in [-0.05, 0) is 52.3 Å². The third-order valence-corrected chi connectivity index (χ3v) is 3.29. The molecule has 4 N–H and O–H groups in total. The van der Waals surface area contributed by atoms with E-state index in [1.807, 2.05) is 26.8 Å². The SMILES string of the molecule is CC(C)(C)NC(=O)c1ccccc1NC(=O)CCCCCCN. The van der Waals surface area contributed by atoms with Crippen LogP contribution in [0, 0.1) is 0 Å². The van der Waals surface area contributed by atoms with Crippen molar-refractivity contribution in [3.63, 3.8) is 0 Å². The van der Waals surface area contributed by atoms with Crippen molar-refractivity contribution >= 4 is 17.5 Å². The van der Waals surface area contributed by atoms with E-state index in [-0.39, 0.29) is 17.4 Å². The Morgan fingerprint density at radius 3 is 2.35 bits per heavy atom. The van der Waals surface area contributed by atoms with Gasteiger partial charge in [0.15, 0.2) is 0 Å². The Morgan fingerprint density at radius 1 is 1.04 bits per heavy atom. The van der Waals surface area contributed by atoms with Gasteiger partial charge >= 0.3 is 0 Å². The zero-order chi connectivity index (χ0) is 17.3. The van der Waals surface area contributed by atoms with Gasteiger partial charge < -0.3 is 16.4 Å². The van der Waals surface area contributed by atoms with E-state index in [1.165, 1.54) is 0 Å². The fraction of sp³-hybridized carbons (Fsp3) is 0.556. The van der Waals surface area contributed by atoms with E-state index >= 15 is 0 Å². The third kappa shape index (κ3) is 7.79. The van der Waals surface area contributed by atoms with E-state index in [0.29, 0.717) is 24.2 Å². The second-order valence-corrected chi connectivity index (χ2v) is 6.75. The molecular formula is C18H29N3O2. The number of carbonyl (C=O) groups excluding carboxylic acids is 2. The zero-order valence-corrected chi connectivity index (χ0v) is 14.4. The summed E-state index contributed by atoms with van der Waals surface area (Å²) in [6.07, 6.45) is 4.34. The van der Waals surface area contributed by atoms with Crippen molar-refractivity contribution in [2.75, 3.05) is 11.9 Å². The molecule has 0 aliphatic rings. The molecule has 0 bridgehead atoms. The molecule has 1 rings (SSSR count). The quantitative estimate of drug-likeness (QED) is 0.644. The van der Waals surface area contributed by atoms with Crippen molar-refractivity contribution in [2.24, 2.45) is 5.73 Å². The Labute approximate surface area is 139 Å².